The first kappa shape index (κ1) is 25.7. The molecular formula is C20H27F3O6Si. The van der Waals surface area contributed by atoms with E-state index in [2.05, 4.69) is 0 Å². The molecule has 1 aromatic carbocycles. The minimum Gasteiger partial charge on any atom is -0.455 e. The Bertz CT molecular complexity index is 688. The van der Waals surface area contributed by atoms with Gasteiger partial charge >= 0.3 is 8.80 Å². The molecule has 0 saturated heterocycles. The first-order chi connectivity index (χ1) is 14.2. The summed E-state index contributed by atoms with van der Waals surface area (Å²) < 4.78 is 55.5. The van der Waals surface area contributed by atoms with Crippen LogP contribution >= 0.6 is 0 Å². The summed E-state index contributed by atoms with van der Waals surface area (Å²) in [5.41, 5.74) is 0.308. The van der Waals surface area contributed by atoms with Crippen LogP contribution in [0.4, 0.5) is 13.2 Å². The van der Waals surface area contributed by atoms with Gasteiger partial charge in [-0.15, -0.1) is 0 Å². The molecule has 30 heavy (non-hydrogen) atoms. The molecule has 0 bridgehead atoms. The Balaban J connectivity index is 2.78. The highest BCUT2D eigenvalue weighted by atomic mass is 28.4. The van der Waals surface area contributed by atoms with Crippen molar-refractivity contribution < 1.29 is 40.8 Å². The number of hydrogen-bond donors (Lipinski definition) is 0. The van der Waals surface area contributed by atoms with E-state index >= 15 is 0 Å². The fourth-order valence-corrected chi connectivity index (χ4v) is 5.14. The molecule has 0 heterocycles. The molecule has 0 atom stereocenters. The van der Waals surface area contributed by atoms with Crippen LogP contribution in [-0.4, -0.2) is 26.7 Å². The maximum Gasteiger partial charge on any atom is 0.705 e. The number of unbranched alkanes of at least 4 members (excludes halogenated alkanes) is 2. The highest BCUT2D eigenvalue weighted by Gasteiger charge is 2.52. The van der Waals surface area contributed by atoms with Crippen LogP contribution in [0.1, 0.15) is 64.9 Å². The summed E-state index contributed by atoms with van der Waals surface area (Å²) >= 11 is 0. The molecule has 0 aliphatic carbocycles. The predicted molar refractivity (Wildman–Crippen MR) is 104 cm³/mol. The van der Waals surface area contributed by atoms with Gasteiger partial charge in [-0.25, -0.2) is 13.2 Å². The van der Waals surface area contributed by atoms with Gasteiger partial charge in [0.15, 0.2) is 17.5 Å². The van der Waals surface area contributed by atoms with Gasteiger partial charge in [-0.05, 0) is 37.0 Å². The molecule has 0 fully saturated rings. The maximum absolute atomic E-state index is 13.3. The zero-order valence-corrected chi connectivity index (χ0v) is 18.4. The van der Waals surface area contributed by atoms with Crippen molar-refractivity contribution in [1.29, 1.82) is 0 Å². The number of carbonyl (C=O) groups is 3. The number of rotatable bonds is 12. The summed E-state index contributed by atoms with van der Waals surface area (Å²) in [4.78, 5) is 35.6. The van der Waals surface area contributed by atoms with Gasteiger partial charge in [0, 0.05) is 19.3 Å². The van der Waals surface area contributed by atoms with Crippen LogP contribution in [0.2, 0.25) is 6.04 Å². The van der Waals surface area contributed by atoms with E-state index < -0.39 is 44.2 Å². The number of benzene rings is 1. The second kappa shape index (κ2) is 12.4. The normalized spacial score (nSPS) is 11.1. The lowest BCUT2D eigenvalue weighted by atomic mass is 10.1. The van der Waals surface area contributed by atoms with Gasteiger partial charge in [0.2, 0.25) is 0 Å². The maximum atomic E-state index is 13.3. The van der Waals surface area contributed by atoms with Gasteiger partial charge in [0.25, 0.3) is 17.9 Å². The first-order valence-electron chi connectivity index (χ1n) is 9.95. The van der Waals surface area contributed by atoms with Crippen molar-refractivity contribution in [3.63, 3.8) is 0 Å². The third-order valence-electron chi connectivity index (χ3n) is 4.17. The van der Waals surface area contributed by atoms with Crippen LogP contribution in [-0.2, 0) is 34.1 Å². The predicted octanol–water partition coefficient (Wildman–Crippen LogP) is 4.62. The van der Waals surface area contributed by atoms with Crippen molar-refractivity contribution >= 4 is 26.7 Å². The van der Waals surface area contributed by atoms with Gasteiger partial charge in [-0.3, -0.25) is 14.4 Å². The Labute approximate surface area is 175 Å². The molecule has 0 saturated carbocycles. The van der Waals surface area contributed by atoms with Crippen molar-refractivity contribution in [2.45, 2.75) is 71.8 Å². The summed E-state index contributed by atoms with van der Waals surface area (Å²) in [5.74, 6) is -5.95. The minimum atomic E-state index is -3.92. The molecule has 0 aromatic heterocycles. The van der Waals surface area contributed by atoms with E-state index in [4.69, 9.17) is 13.3 Å². The van der Waals surface area contributed by atoms with Crippen molar-refractivity contribution in [3.8, 4) is 0 Å². The molecule has 1 aromatic rings. The molecule has 0 amide bonds. The number of hydrogen-bond acceptors (Lipinski definition) is 6. The molecule has 168 valence electrons. The van der Waals surface area contributed by atoms with E-state index in [1.165, 1.54) is 0 Å². The van der Waals surface area contributed by atoms with E-state index in [1.807, 2.05) is 0 Å². The van der Waals surface area contributed by atoms with Crippen molar-refractivity contribution in [1.82, 2.24) is 0 Å². The Morgan fingerprint density at radius 2 is 1.20 bits per heavy atom. The molecule has 0 aliphatic rings. The molecule has 0 radical (unpaired) electrons. The van der Waals surface area contributed by atoms with Crippen LogP contribution in [0.25, 0.3) is 0 Å². The standard InChI is InChI=1S/C20H27F3O6Si/c1-4-17(24)27-30(28-18(25)5-2,29-19(26)6-3)11-9-7-8-10-14-12-15(21)20(23)16(22)13-14/h12-13H,4-11H2,1-3H3. The SMILES string of the molecule is CCC(=O)O[Si](CCCCCc1cc(F)c(F)c(F)c1)(OC(=O)CC)OC(=O)CC. The van der Waals surface area contributed by atoms with Gasteiger partial charge in [-0.1, -0.05) is 27.2 Å². The molecule has 0 spiro atoms. The average molecular weight is 449 g/mol. The third-order valence-corrected chi connectivity index (χ3v) is 6.75. The Kier molecular flexibility index (Phi) is 10.6. The summed E-state index contributed by atoms with van der Waals surface area (Å²) in [7, 11) is -3.92. The Morgan fingerprint density at radius 3 is 1.60 bits per heavy atom. The van der Waals surface area contributed by atoms with Crippen LogP contribution in [0, 0.1) is 17.5 Å². The quantitative estimate of drug-likeness (QED) is 0.264. The molecule has 0 aliphatic heterocycles. The monoisotopic (exact) mass is 448 g/mol. The number of halogens is 3. The second-order valence-corrected chi connectivity index (χ2v) is 9.08. The van der Waals surface area contributed by atoms with Gasteiger partial charge in [-0.2, -0.15) is 0 Å². The molecule has 6 nitrogen and oxygen atoms in total. The first-order valence-corrected chi connectivity index (χ1v) is 11.9. The highest BCUT2D eigenvalue weighted by Crippen LogP contribution is 2.23. The summed E-state index contributed by atoms with van der Waals surface area (Å²) in [6.45, 7) is 4.68. The zero-order chi connectivity index (χ0) is 22.7. The highest BCUT2D eigenvalue weighted by molar-refractivity contribution is 6.65. The van der Waals surface area contributed by atoms with Crippen LogP contribution < -0.4 is 0 Å². The van der Waals surface area contributed by atoms with Crippen LogP contribution in [0.5, 0.6) is 0 Å². The summed E-state index contributed by atoms with van der Waals surface area (Å²) in [5, 5.41) is 0. The van der Waals surface area contributed by atoms with Gasteiger partial charge < -0.3 is 13.3 Å². The topological polar surface area (TPSA) is 78.9 Å². The second-order valence-electron chi connectivity index (χ2n) is 6.60. The largest absolute Gasteiger partial charge is 0.705 e. The minimum absolute atomic E-state index is 0.0177. The van der Waals surface area contributed by atoms with E-state index in [-0.39, 0.29) is 25.3 Å². The van der Waals surface area contributed by atoms with Crippen LogP contribution in [0.15, 0.2) is 12.1 Å². The lowest BCUT2D eigenvalue weighted by Gasteiger charge is -2.27. The fourth-order valence-electron chi connectivity index (χ4n) is 2.55. The molecule has 0 N–H and O–H groups in total. The van der Waals surface area contributed by atoms with Gasteiger partial charge in [0.05, 0.1) is 6.04 Å². The third kappa shape index (κ3) is 8.17. The van der Waals surface area contributed by atoms with Crippen molar-refractivity contribution in [2.75, 3.05) is 0 Å². The lowest BCUT2D eigenvalue weighted by molar-refractivity contribution is -0.150. The van der Waals surface area contributed by atoms with Crippen molar-refractivity contribution in [3.05, 3.63) is 35.1 Å². The lowest BCUT2D eigenvalue weighted by Crippen LogP contribution is -2.50. The van der Waals surface area contributed by atoms with Crippen molar-refractivity contribution in [2.24, 2.45) is 0 Å². The molecule has 10 heteroatoms. The fraction of sp³-hybridized carbons (Fsp3) is 0.550. The molecule has 1 rings (SSSR count). The molecular weight excluding hydrogens is 421 g/mol. The Morgan fingerprint density at radius 1 is 0.767 bits per heavy atom. The summed E-state index contributed by atoms with van der Waals surface area (Å²) in [6.07, 6.45) is 1.72. The zero-order valence-electron chi connectivity index (χ0n) is 17.4. The summed E-state index contributed by atoms with van der Waals surface area (Å²) in [6, 6.07) is 1.92. The van der Waals surface area contributed by atoms with Gasteiger partial charge in [0.1, 0.15) is 0 Å². The number of aryl methyl sites for hydroxylation is 1. The average Bonchev–Trinajstić information content (AvgIpc) is 2.71. The van der Waals surface area contributed by atoms with E-state index in [9.17, 15) is 27.6 Å². The van der Waals surface area contributed by atoms with E-state index in [1.54, 1.807) is 20.8 Å². The number of carbonyl (C=O) groups excluding carboxylic acids is 3. The Hall–Kier alpha value is -2.36. The van der Waals surface area contributed by atoms with Crippen LogP contribution in [0.3, 0.4) is 0 Å². The molecule has 0 unspecified atom stereocenters. The van der Waals surface area contributed by atoms with E-state index in [0.29, 0.717) is 31.2 Å². The van der Waals surface area contributed by atoms with E-state index in [0.717, 1.165) is 12.1 Å². The smallest absolute Gasteiger partial charge is 0.455 e.